The van der Waals surface area contributed by atoms with E-state index in [1.807, 2.05) is 17.9 Å². The zero-order chi connectivity index (χ0) is 16.2. The van der Waals surface area contributed by atoms with Crippen molar-refractivity contribution in [3.8, 4) is 0 Å². The molecule has 3 rings (SSSR count). The molecule has 1 N–H and O–H groups in total. The Kier molecular flexibility index (Phi) is 4.73. The molecule has 23 heavy (non-hydrogen) atoms. The number of hydrazone groups is 1. The van der Waals surface area contributed by atoms with Crippen LogP contribution in [0.25, 0.3) is 0 Å². The molecule has 124 valence electrons. The Morgan fingerprint density at radius 2 is 2.30 bits per heavy atom. The van der Waals surface area contributed by atoms with Crippen molar-refractivity contribution in [1.82, 2.24) is 15.5 Å². The molecular formula is C16H22N4O3. The predicted octanol–water partition coefficient (Wildman–Crippen LogP) is 2.08. The fraction of sp³-hybridized carbons (Fsp3) is 0.625. The van der Waals surface area contributed by atoms with Crippen molar-refractivity contribution in [1.29, 1.82) is 0 Å². The minimum atomic E-state index is -0.0578. The summed E-state index contributed by atoms with van der Waals surface area (Å²) in [6.45, 7) is 2.62. The highest BCUT2D eigenvalue weighted by atomic mass is 16.5. The summed E-state index contributed by atoms with van der Waals surface area (Å²) in [5.74, 6) is 0.831. The number of nitrogens with zero attached hydrogens (tertiary/aromatic N) is 3. The van der Waals surface area contributed by atoms with Crippen LogP contribution in [0.15, 0.2) is 15.7 Å². The second-order valence-electron chi connectivity index (χ2n) is 6.17. The van der Waals surface area contributed by atoms with Gasteiger partial charge in [0, 0.05) is 31.2 Å². The summed E-state index contributed by atoms with van der Waals surface area (Å²) >= 11 is 0. The average Bonchev–Trinajstić information content (AvgIpc) is 3.00. The first-order chi connectivity index (χ1) is 11.1. The van der Waals surface area contributed by atoms with Crippen LogP contribution < -0.4 is 5.43 Å². The monoisotopic (exact) mass is 318 g/mol. The normalized spacial score (nSPS) is 21.8. The van der Waals surface area contributed by atoms with Crippen LogP contribution >= 0.6 is 0 Å². The van der Waals surface area contributed by atoms with Crippen molar-refractivity contribution in [2.75, 3.05) is 6.54 Å². The van der Waals surface area contributed by atoms with Gasteiger partial charge in [-0.05, 0) is 39.0 Å². The predicted molar refractivity (Wildman–Crippen MR) is 83.6 cm³/mol. The molecule has 0 spiro atoms. The van der Waals surface area contributed by atoms with E-state index in [2.05, 4.69) is 15.7 Å². The number of carbonyl (C=O) groups excluding carboxylic acids is 2. The number of rotatable bonds is 4. The van der Waals surface area contributed by atoms with E-state index in [0.29, 0.717) is 25.7 Å². The van der Waals surface area contributed by atoms with Crippen molar-refractivity contribution in [3.63, 3.8) is 0 Å². The summed E-state index contributed by atoms with van der Waals surface area (Å²) in [4.78, 5) is 25.6. The molecule has 1 aromatic rings. The van der Waals surface area contributed by atoms with Gasteiger partial charge in [0.1, 0.15) is 11.5 Å². The van der Waals surface area contributed by atoms with E-state index in [0.717, 1.165) is 43.0 Å². The molecule has 2 aliphatic rings. The summed E-state index contributed by atoms with van der Waals surface area (Å²) in [6.07, 6.45) is 5.16. The summed E-state index contributed by atoms with van der Waals surface area (Å²) in [6, 6.07) is 1.93. The molecule has 1 fully saturated rings. The molecule has 3 heterocycles. The fourth-order valence-corrected chi connectivity index (χ4v) is 3.17. The smallest absolute Gasteiger partial charge is 0.240 e. The first kappa shape index (κ1) is 15.7. The van der Waals surface area contributed by atoms with Gasteiger partial charge in [-0.15, -0.1) is 0 Å². The molecule has 7 nitrogen and oxygen atoms in total. The number of piperidine rings is 1. The molecule has 0 aliphatic carbocycles. The maximum atomic E-state index is 12.6. The van der Waals surface area contributed by atoms with Gasteiger partial charge in [-0.2, -0.15) is 5.10 Å². The second kappa shape index (κ2) is 6.93. The van der Waals surface area contributed by atoms with Crippen molar-refractivity contribution < 1.29 is 14.1 Å². The van der Waals surface area contributed by atoms with E-state index in [9.17, 15) is 9.59 Å². The third kappa shape index (κ3) is 3.78. The average molecular weight is 318 g/mol. The highest BCUT2D eigenvalue weighted by Crippen LogP contribution is 2.31. The lowest BCUT2D eigenvalue weighted by Crippen LogP contribution is -2.39. The van der Waals surface area contributed by atoms with Crippen LogP contribution in [0.3, 0.4) is 0 Å². The van der Waals surface area contributed by atoms with Crippen LogP contribution in [0.1, 0.15) is 62.4 Å². The fourth-order valence-electron chi connectivity index (χ4n) is 3.17. The van der Waals surface area contributed by atoms with Crippen LogP contribution in [0.5, 0.6) is 0 Å². The van der Waals surface area contributed by atoms with Gasteiger partial charge in [0.25, 0.3) is 0 Å². The molecular weight excluding hydrogens is 296 g/mol. The molecule has 1 aromatic heterocycles. The summed E-state index contributed by atoms with van der Waals surface area (Å²) < 4.78 is 5.16. The Bertz CT molecular complexity index is 623. The van der Waals surface area contributed by atoms with Crippen molar-refractivity contribution >= 4 is 17.5 Å². The van der Waals surface area contributed by atoms with Gasteiger partial charge in [-0.25, -0.2) is 5.43 Å². The molecule has 0 bridgehead atoms. The topological polar surface area (TPSA) is 87.8 Å². The van der Waals surface area contributed by atoms with Crippen LogP contribution in [0, 0.1) is 6.92 Å². The van der Waals surface area contributed by atoms with Gasteiger partial charge in [-0.1, -0.05) is 5.16 Å². The quantitative estimate of drug-likeness (QED) is 0.920. The maximum absolute atomic E-state index is 12.6. The van der Waals surface area contributed by atoms with Crippen molar-refractivity contribution in [2.45, 2.75) is 57.9 Å². The Morgan fingerprint density at radius 1 is 1.43 bits per heavy atom. The lowest BCUT2D eigenvalue weighted by Gasteiger charge is -2.34. The number of nitrogens with one attached hydrogen (secondary N) is 1. The Balaban J connectivity index is 1.61. The highest BCUT2D eigenvalue weighted by molar-refractivity contribution is 5.94. The van der Waals surface area contributed by atoms with E-state index in [-0.39, 0.29) is 17.9 Å². The number of likely N-dealkylation sites (tertiary alicyclic amines) is 1. The summed E-state index contributed by atoms with van der Waals surface area (Å²) in [7, 11) is 0. The van der Waals surface area contributed by atoms with Crippen LogP contribution in [0.2, 0.25) is 0 Å². The third-order valence-electron chi connectivity index (χ3n) is 4.42. The molecule has 1 saturated heterocycles. The van der Waals surface area contributed by atoms with Crippen molar-refractivity contribution in [2.24, 2.45) is 5.10 Å². The molecule has 2 amide bonds. The highest BCUT2D eigenvalue weighted by Gasteiger charge is 2.30. The number of aryl methyl sites for hydroxylation is 1. The van der Waals surface area contributed by atoms with Gasteiger partial charge < -0.3 is 9.42 Å². The molecule has 1 atom stereocenters. The minimum Gasteiger partial charge on any atom is -0.361 e. The SMILES string of the molecule is Cc1cc([C@@H]2CCCCN2C(=O)CCC2=NNC(=O)CC2)no1. The lowest BCUT2D eigenvalue weighted by molar-refractivity contribution is -0.135. The van der Waals surface area contributed by atoms with E-state index in [1.165, 1.54) is 0 Å². The zero-order valence-electron chi connectivity index (χ0n) is 13.4. The number of hydrogen-bond acceptors (Lipinski definition) is 5. The maximum Gasteiger partial charge on any atom is 0.240 e. The van der Waals surface area contributed by atoms with Crippen molar-refractivity contribution in [3.05, 3.63) is 17.5 Å². The van der Waals surface area contributed by atoms with E-state index in [1.54, 1.807) is 0 Å². The zero-order valence-corrected chi connectivity index (χ0v) is 13.4. The van der Waals surface area contributed by atoms with E-state index in [4.69, 9.17) is 4.52 Å². The van der Waals surface area contributed by atoms with Crippen LogP contribution in [-0.4, -0.2) is 34.1 Å². The molecule has 0 radical (unpaired) electrons. The van der Waals surface area contributed by atoms with E-state index >= 15 is 0 Å². The largest absolute Gasteiger partial charge is 0.361 e. The Labute approximate surface area is 135 Å². The Morgan fingerprint density at radius 3 is 3.00 bits per heavy atom. The second-order valence-corrected chi connectivity index (χ2v) is 6.17. The van der Waals surface area contributed by atoms with Gasteiger partial charge in [-0.3, -0.25) is 9.59 Å². The lowest BCUT2D eigenvalue weighted by atomic mass is 9.98. The molecule has 0 unspecified atom stereocenters. The number of hydrogen-bond donors (Lipinski definition) is 1. The molecule has 7 heteroatoms. The van der Waals surface area contributed by atoms with Crippen LogP contribution in [0.4, 0.5) is 0 Å². The first-order valence-corrected chi connectivity index (χ1v) is 8.20. The Hall–Kier alpha value is -2.18. The third-order valence-corrected chi connectivity index (χ3v) is 4.42. The molecule has 0 saturated carbocycles. The van der Waals surface area contributed by atoms with Gasteiger partial charge in [0.15, 0.2) is 0 Å². The number of aromatic nitrogens is 1. The molecule has 0 aromatic carbocycles. The number of amides is 2. The van der Waals surface area contributed by atoms with Gasteiger partial charge in [0.05, 0.1) is 6.04 Å². The first-order valence-electron chi connectivity index (χ1n) is 8.20. The minimum absolute atomic E-state index is 0.0155. The summed E-state index contributed by atoms with van der Waals surface area (Å²) in [5.41, 5.74) is 4.21. The van der Waals surface area contributed by atoms with E-state index < -0.39 is 0 Å². The standard InChI is InChI=1S/C16H22N4O3/c1-11-10-13(19-23-11)14-4-2-3-9-20(14)16(22)8-6-12-5-7-15(21)18-17-12/h10,14H,2-9H2,1H3,(H,18,21)/t14-/m0/s1. The van der Waals surface area contributed by atoms with Gasteiger partial charge in [0.2, 0.25) is 11.8 Å². The molecule has 2 aliphatic heterocycles. The van der Waals surface area contributed by atoms with Crippen LogP contribution in [-0.2, 0) is 9.59 Å². The van der Waals surface area contributed by atoms with Gasteiger partial charge >= 0.3 is 0 Å². The summed E-state index contributed by atoms with van der Waals surface area (Å²) in [5, 5.41) is 8.12. The number of carbonyl (C=O) groups is 2.